The van der Waals surface area contributed by atoms with Crippen LogP contribution in [-0.4, -0.2) is 16.1 Å². The van der Waals surface area contributed by atoms with Gasteiger partial charge in [-0.3, -0.25) is 0 Å². The molecule has 1 aromatic carbocycles. The van der Waals surface area contributed by atoms with Crippen molar-refractivity contribution in [2.75, 3.05) is 6.54 Å². The number of nitrogens with zero attached hydrogens (tertiary/aromatic N) is 2. The molecule has 2 aromatic rings. The zero-order valence-corrected chi connectivity index (χ0v) is 10.7. The largest absolute Gasteiger partial charge is 0.324 e. The fraction of sp³-hybridized carbons (Fsp3) is 0.250. The van der Waals surface area contributed by atoms with E-state index in [1.165, 1.54) is 6.07 Å². The molecule has 0 bridgehead atoms. The lowest BCUT2D eigenvalue weighted by Crippen LogP contribution is -2.28. The Hall–Kier alpha value is -1.20. The topological polar surface area (TPSA) is 29.9 Å². The Bertz CT molecular complexity index is 565. The first-order valence-electron chi connectivity index (χ1n) is 5.48. The Kier molecular flexibility index (Phi) is 2.72. The number of benzene rings is 1. The molecule has 1 aliphatic heterocycles. The van der Waals surface area contributed by atoms with Gasteiger partial charge in [-0.2, -0.15) is 0 Å². The fourth-order valence-corrected chi connectivity index (χ4v) is 2.63. The molecule has 0 fully saturated rings. The summed E-state index contributed by atoms with van der Waals surface area (Å²) in [6.45, 7) is 2.47. The van der Waals surface area contributed by atoms with Crippen LogP contribution in [0.2, 0.25) is 0 Å². The zero-order valence-electron chi connectivity index (χ0n) is 9.08. The molecular weight excluding hydrogens is 285 g/mol. The first kappa shape index (κ1) is 10.9. The second-order valence-corrected chi connectivity index (χ2v) is 4.73. The van der Waals surface area contributed by atoms with E-state index in [2.05, 4.69) is 30.8 Å². The number of halogens is 2. The molecular formula is C12H11BrFN3. The summed E-state index contributed by atoms with van der Waals surface area (Å²) in [4.78, 5) is 4.42. The lowest BCUT2D eigenvalue weighted by Gasteiger charge is -2.18. The molecule has 0 atom stereocenters. The summed E-state index contributed by atoms with van der Waals surface area (Å²) in [6, 6.07) is 6.75. The molecule has 1 aliphatic rings. The van der Waals surface area contributed by atoms with Crippen LogP contribution in [0.15, 0.2) is 28.9 Å². The molecule has 1 aromatic heterocycles. The summed E-state index contributed by atoms with van der Waals surface area (Å²) < 4.78 is 16.6. The highest BCUT2D eigenvalue weighted by Gasteiger charge is 2.20. The van der Waals surface area contributed by atoms with E-state index in [9.17, 15) is 4.39 Å². The van der Waals surface area contributed by atoms with Crippen LogP contribution in [-0.2, 0) is 13.1 Å². The predicted molar refractivity (Wildman–Crippen MR) is 67.0 cm³/mol. The molecule has 0 aliphatic carbocycles. The van der Waals surface area contributed by atoms with Gasteiger partial charge in [0.25, 0.3) is 0 Å². The molecule has 1 N–H and O–H groups in total. The highest BCUT2D eigenvalue weighted by Crippen LogP contribution is 2.28. The minimum atomic E-state index is -0.230. The second-order valence-electron chi connectivity index (χ2n) is 3.98. The lowest BCUT2D eigenvalue weighted by atomic mass is 10.2. The normalized spacial score (nSPS) is 14.7. The van der Waals surface area contributed by atoms with Crippen LogP contribution in [0.3, 0.4) is 0 Å². The standard InChI is InChI=1S/C12H11BrFN3/c13-11-10-7-15-5-6-17(10)12(16-11)8-3-1-2-4-9(8)14/h1-4,15H,5-7H2. The molecule has 5 heteroatoms. The highest BCUT2D eigenvalue weighted by atomic mass is 79.9. The molecule has 0 unspecified atom stereocenters. The van der Waals surface area contributed by atoms with Crippen molar-refractivity contribution in [2.45, 2.75) is 13.1 Å². The molecule has 0 saturated heterocycles. The van der Waals surface area contributed by atoms with Crippen molar-refractivity contribution in [2.24, 2.45) is 0 Å². The minimum absolute atomic E-state index is 0.230. The lowest BCUT2D eigenvalue weighted by molar-refractivity contribution is 0.516. The van der Waals surface area contributed by atoms with Crippen molar-refractivity contribution in [1.29, 1.82) is 0 Å². The number of aromatic nitrogens is 2. The van der Waals surface area contributed by atoms with Crippen molar-refractivity contribution in [1.82, 2.24) is 14.9 Å². The first-order valence-corrected chi connectivity index (χ1v) is 6.27. The summed E-state index contributed by atoms with van der Waals surface area (Å²) in [7, 11) is 0. The summed E-state index contributed by atoms with van der Waals surface area (Å²) in [5.74, 6) is 0.470. The van der Waals surface area contributed by atoms with E-state index < -0.39 is 0 Å². The van der Waals surface area contributed by atoms with Gasteiger partial charge in [0.1, 0.15) is 16.2 Å². The molecule has 88 valence electrons. The molecule has 0 saturated carbocycles. The van der Waals surface area contributed by atoms with E-state index in [0.717, 1.165) is 29.9 Å². The van der Waals surface area contributed by atoms with Crippen LogP contribution in [0.25, 0.3) is 11.4 Å². The fourth-order valence-electron chi connectivity index (χ4n) is 2.11. The van der Waals surface area contributed by atoms with Gasteiger partial charge in [-0.05, 0) is 28.1 Å². The summed E-state index contributed by atoms with van der Waals surface area (Å²) >= 11 is 3.43. The molecule has 2 heterocycles. The molecule has 17 heavy (non-hydrogen) atoms. The van der Waals surface area contributed by atoms with Gasteiger partial charge in [-0.25, -0.2) is 9.37 Å². The van der Waals surface area contributed by atoms with Crippen LogP contribution in [0.4, 0.5) is 4.39 Å². The SMILES string of the molecule is Fc1ccccc1-c1nc(Br)c2n1CCNC2. The summed E-state index contributed by atoms with van der Waals surface area (Å²) in [5, 5.41) is 3.28. The average Bonchev–Trinajstić information content (AvgIpc) is 2.68. The molecule has 0 spiro atoms. The second kappa shape index (κ2) is 4.23. The number of hydrogen-bond acceptors (Lipinski definition) is 2. The van der Waals surface area contributed by atoms with Crippen molar-refractivity contribution < 1.29 is 4.39 Å². The third-order valence-electron chi connectivity index (χ3n) is 2.94. The number of imidazole rings is 1. The van der Waals surface area contributed by atoms with E-state index in [1.807, 2.05) is 6.07 Å². The summed E-state index contributed by atoms with van der Waals surface area (Å²) in [6.07, 6.45) is 0. The average molecular weight is 296 g/mol. The van der Waals surface area contributed by atoms with Crippen molar-refractivity contribution in [3.63, 3.8) is 0 Å². The van der Waals surface area contributed by atoms with Gasteiger partial charge in [0, 0.05) is 19.6 Å². The Balaban J connectivity index is 2.19. The number of nitrogens with one attached hydrogen (secondary N) is 1. The Morgan fingerprint density at radius 2 is 2.18 bits per heavy atom. The van der Waals surface area contributed by atoms with Crippen LogP contribution in [0, 0.1) is 5.82 Å². The van der Waals surface area contributed by atoms with Crippen LogP contribution >= 0.6 is 15.9 Å². The Morgan fingerprint density at radius 1 is 1.35 bits per heavy atom. The van der Waals surface area contributed by atoms with Gasteiger partial charge >= 0.3 is 0 Å². The number of fused-ring (bicyclic) bond motifs is 1. The maximum atomic E-state index is 13.8. The van der Waals surface area contributed by atoms with Gasteiger partial charge in [-0.1, -0.05) is 12.1 Å². The third-order valence-corrected chi connectivity index (χ3v) is 3.58. The van der Waals surface area contributed by atoms with E-state index in [0.29, 0.717) is 11.4 Å². The van der Waals surface area contributed by atoms with Crippen LogP contribution in [0.5, 0.6) is 0 Å². The van der Waals surface area contributed by atoms with Gasteiger partial charge in [-0.15, -0.1) is 0 Å². The van der Waals surface area contributed by atoms with Gasteiger partial charge in [0.2, 0.25) is 0 Å². The quantitative estimate of drug-likeness (QED) is 0.876. The zero-order chi connectivity index (χ0) is 11.8. The minimum Gasteiger partial charge on any atom is -0.324 e. The number of hydrogen-bond donors (Lipinski definition) is 1. The van der Waals surface area contributed by atoms with E-state index in [-0.39, 0.29) is 5.82 Å². The van der Waals surface area contributed by atoms with E-state index in [4.69, 9.17) is 0 Å². The van der Waals surface area contributed by atoms with E-state index >= 15 is 0 Å². The van der Waals surface area contributed by atoms with Crippen molar-refractivity contribution in [3.05, 3.63) is 40.4 Å². The monoisotopic (exact) mass is 295 g/mol. The smallest absolute Gasteiger partial charge is 0.144 e. The molecule has 3 nitrogen and oxygen atoms in total. The van der Waals surface area contributed by atoms with Crippen LogP contribution in [0.1, 0.15) is 5.69 Å². The molecule has 3 rings (SSSR count). The van der Waals surface area contributed by atoms with Gasteiger partial charge < -0.3 is 9.88 Å². The van der Waals surface area contributed by atoms with Gasteiger partial charge in [0.05, 0.1) is 11.3 Å². The third kappa shape index (κ3) is 1.79. The molecule has 0 amide bonds. The van der Waals surface area contributed by atoms with Crippen molar-refractivity contribution >= 4 is 15.9 Å². The maximum Gasteiger partial charge on any atom is 0.144 e. The summed E-state index contributed by atoms with van der Waals surface area (Å²) in [5.41, 5.74) is 1.64. The maximum absolute atomic E-state index is 13.8. The van der Waals surface area contributed by atoms with Gasteiger partial charge in [0.15, 0.2) is 0 Å². The Morgan fingerprint density at radius 3 is 3.00 bits per heavy atom. The molecule has 0 radical (unpaired) electrons. The Labute approximate surface area is 107 Å². The van der Waals surface area contributed by atoms with E-state index in [1.54, 1.807) is 12.1 Å². The van der Waals surface area contributed by atoms with Crippen molar-refractivity contribution in [3.8, 4) is 11.4 Å². The highest BCUT2D eigenvalue weighted by molar-refractivity contribution is 9.10. The van der Waals surface area contributed by atoms with Crippen LogP contribution < -0.4 is 5.32 Å². The first-order chi connectivity index (χ1) is 8.27. The predicted octanol–water partition coefficient (Wildman–Crippen LogP) is 2.55. The number of rotatable bonds is 1.